The average Bonchev–Trinajstić information content (AvgIpc) is 3.72. The summed E-state index contributed by atoms with van der Waals surface area (Å²) in [6, 6.07) is 29.6. The maximum atomic E-state index is 9.55. The first-order chi connectivity index (χ1) is 28.8. The van der Waals surface area contributed by atoms with Crippen molar-refractivity contribution in [2.45, 2.75) is 110 Å². The Morgan fingerprint density at radius 1 is 0.717 bits per heavy atom. The fraction of sp³-hybridized carbons (Fsp3) is 0.444. The Morgan fingerprint density at radius 2 is 1.38 bits per heavy atom. The zero-order valence-corrected chi connectivity index (χ0v) is 36.6. The van der Waals surface area contributed by atoms with E-state index in [-0.39, 0.29) is 39.4 Å². The largest absolute Gasteiger partial charge is 0.336 e. The van der Waals surface area contributed by atoms with Crippen molar-refractivity contribution in [2.75, 3.05) is 0 Å². The van der Waals surface area contributed by atoms with Gasteiger partial charge >= 0.3 is 0 Å². The molecule has 5 aromatic rings. The summed E-state index contributed by atoms with van der Waals surface area (Å²) in [7, 11) is 0. The fourth-order valence-corrected chi connectivity index (χ4v) is 15.0. The zero-order chi connectivity index (χ0) is 41.6. The third-order valence-electron chi connectivity index (χ3n) is 18.0. The maximum Gasteiger partial charge on any atom is 0.164 e. The van der Waals surface area contributed by atoms with Crippen LogP contribution in [0, 0.1) is 51.8 Å². The van der Waals surface area contributed by atoms with E-state index in [1.54, 1.807) is 0 Å². The first kappa shape index (κ1) is 37.8. The summed E-state index contributed by atoms with van der Waals surface area (Å²) in [4.78, 5) is 18.8. The van der Waals surface area contributed by atoms with Crippen LogP contribution in [0.5, 0.6) is 0 Å². The molecule has 4 heterocycles. The van der Waals surface area contributed by atoms with Crippen LogP contribution in [0.4, 0.5) is 0 Å². The number of benzene rings is 3. The van der Waals surface area contributed by atoms with Crippen molar-refractivity contribution in [1.29, 1.82) is 5.26 Å². The van der Waals surface area contributed by atoms with Crippen molar-refractivity contribution < 1.29 is 0 Å². The maximum absolute atomic E-state index is 9.55. The number of allylic oxidation sites excluding steroid dienone is 3. The Morgan fingerprint density at radius 3 is 2.12 bits per heavy atom. The molecule has 2 aliphatic heterocycles. The van der Waals surface area contributed by atoms with Gasteiger partial charge in [-0.05, 0) is 123 Å². The lowest BCUT2D eigenvalue weighted by Crippen LogP contribution is -2.68. The van der Waals surface area contributed by atoms with Crippen LogP contribution in [0.3, 0.4) is 0 Å². The van der Waals surface area contributed by atoms with Crippen molar-refractivity contribution in [3.63, 3.8) is 0 Å². The second-order valence-corrected chi connectivity index (χ2v) is 20.7. The second kappa shape index (κ2) is 12.7. The molecule has 0 N–H and O–H groups in total. The van der Waals surface area contributed by atoms with E-state index in [2.05, 4.69) is 138 Å². The van der Waals surface area contributed by atoms with E-state index in [1.807, 2.05) is 42.5 Å². The standard InChI is InChI=1S/C54H58N6/c1-33-28-46(54(8)51(5,31-33)45-22-15-27-50(4)44-21-14-16-35(3)52(44,6)60(54)53(45,50)7)59-42-20-13-12-19-39(42)41-29-34(2)40(30-43(41)59)49-57-47(37-17-10-9-11-18-37)56-48(58-49)38-25-23-36(32-55)24-26-38/h9-15,17-26,30,33-35,44-46H,16,27-29,31H2,1-8H3. The molecule has 11 atom stereocenters. The quantitative estimate of drug-likeness (QED) is 0.170. The molecule has 60 heavy (non-hydrogen) atoms. The number of aromatic nitrogens is 4. The van der Waals surface area contributed by atoms with Crippen molar-refractivity contribution >= 4 is 22.6 Å². The minimum Gasteiger partial charge on any atom is -0.336 e. The van der Waals surface area contributed by atoms with Gasteiger partial charge in [0.2, 0.25) is 0 Å². The molecule has 0 bridgehead atoms. The second-order valence-electron chi connectivity index (χ2n) is 20.7. The highest BCUT2D eigenvalue weighted by Crippen LogP contribution is 2.80. The number of para-hydroxylation sites is 1. The predicted octanol–water partition coefficient (Wildman–Crippen LogP) is 12.1. The highest BCUT2D eigenvalue weighted by Gasteiger charge is 2.84. The van der Waals surface area contributed by atoms with Crippen LogP contribution in [0.25, 0.3) is 45.3 Å². The smallest absolute Gasteiger partial charge is 0.164 e. The molecule has 11 rings (SSSR count). The van der Waals surface area contributed by atoms with Gasteiger partial charge in [0.1, 0.15) is 0 Å². The van der Waals surface area contributed by atoms with Crippen LogP contribution < -0.4 is 0 Å². The van der Waals surface area contributed by atoms with Gasteiger partial charge in [-0.15, -0.1) is 0 Å². The zero-order valence-electron chi connectivity index (χ0n) is 36.6. The predicted molar refractivity (Wildman–Crippen MR) is 242 cm³/mol. The van der Waals surface area contributed by atoms with Gasteiger partial charge in [-0.25, -0.2) is 15.0 Å². The van der Waals surface area contributed by atoms with E-state index in [4.69, 9.17) is 15.0 Å². The Hall–Kier alpha value is -5.12. The van der Waals surface area contributed by atoms with Crippen molar-refractivity contribution in [3.8, 4) is 28.8 Å². The van der Waals surface area contributed by atoms with Crippen molar-refractivity contribution in [3.05, 3.63) is 126 Å². The van der Waals surface area contributed by atoms with Gasteiger partial charge < -0.3 is 4.57 Å². The minimum atomic E-state index is -0.138. The molecule has 0 amide bonds. The lowest BCUT2D eigenvalue weighted by molar-refractivity contribution is -0.113. The van der Waals surface area contributed by atoms with Gasteiger partial charge in [-0.2, -0.15) is 5.26 Å². The van der Waals surface area contributed by atoms with E-state index in [1.165, 1.54) is 28.6 Å². The first-order valence-electron chi connectivity index (χ1n) is 22.6. The molecule has 0 spiro atoms. The van der Waals surface area contributed by atoms with Crippen LogP contribution >= 0.6 is 0 Å². The highest BCUT2D eigenvalue weighted by atomic mass is 15.4. The van der Waals surface area contributed by atoms with E-state index >= 15 is 0 Å². The summed E-state index contributed by atoms with van der Waals surface area (Å²) in [5, 5.41) is 10.9. The van der Waals surface area contributed by atoms with Crippen LogP contribution in [0.2, 0.25) is 0 Å². The van der Waals surface area contributed by atoms with Gasteiger partial charge in [-0.3, -0.25) is 4.90 Å². The molecule has 2 aromatic heterocycles. The molecule has 4 aliphatic carbocycles. The molecule has 6 aliphatic rings. The third kappa shape index (κ3) is 4.60. The van der Waals surface area contributed by atoms with Crippen LogP contribution in [-0.2, 0) is 6.42 Å². The minimum absolute atomic E-state index is 0.00894. The van der Waals surface area contributed by atoms with E-state index < -0.39 is 0 Å². The molecule has 2 saturated heterocycles. The van der Waals surface area contributed by atoms with E-state index in [0.717, 1.165) is 48.2 Å². The monoisotopic (exact) mass is 790 g/mol. The van der Waals surface area contributed by atoms with Crippen molar-refractivity contribution in [2.24, 2.45) is 40.4 Å². The van der Waals surface area contributed by atoms with Crippen LogP contribution in [0.15, 0.2) is 103 Å². The summed E-state index contributed by atoms with van der Waals surface area (Å²) in [5.41, 5.74) is 7.80. The molecule has 0 radical (unpaired) electrons. The number of hydrogen-bond acceptors (Lipinski definition) is 5. The molecular weight excluding hydrogens is 733 g/mol. The van der Waals surface area contributed by atoms with Crippen LogP contribution in [-0.4, -0.2) is 41.0 Å². The lowest BCUT2D eigenvalue weighted by atomic mass is 9.47. The number of fused-ring (bicyclic) bond motifs is 9. The lowest BCUT2D eigenvalue weighted by Gasteiger charge is -2.62. The first-order valence-corrected chi connectivity index (χ1v) is 22.6. The van der Waals surface area contributed by atoms with Crippen molar-refractivity contribution in [1.82, 2.24) is 24.4 Å². The number of nitrogens with zero attached hydrogens (tertiary/aromatic N) is 6. The number of nitriles is 1. The Labute approximate surface area is 356 Å². The molecular formula is C54H58N6. The van der Waals surface area contributed by atoms with Gasteiger partial charge in [0.25, 0.3) is 0 Å². The molecule has 3 aromatic carbocycles. The van der Waals surface area contributed by atoms with E-state index in [0.29, 0.717) is 40.9 Å². The molecule has 6 nitrogen and oxygen atoms in total. The van der Waals surface area contributed by atoms with Gasteiger partial charge in [0.15, 0.2) is 17.5 Å². The highest BCUT2D eigenvalue weighted by molar-refractivity contribution is 5.94. The average molecular weight is 791 g/mol. The van der Waals surface area contributed by atoms with E-state index in [9.17, 15) is 5.26 Å². The van der Waals surface area contributed by atoms with Gasteiger partial charge in [0.05, 0.1) is 17.7 Å². The molecule has 6 heteroatoms. The van der Waals surface area contributed by atoms with Gasteiger partial charge in [0, 0.05) is 61.7 Å². The normalized spacial score (nSPS) is 37.5. The number of hydrogen-bond donors (Lipinski definition) is 0. The molecule has 1 saturated carbocycles. The third-order valence-corrected chi connectivity index (χ3v) is 18.0. The summed E-state index contributed by atoms with van der Waals surface area (Å²) in [5.74, 6) is 4.25. The summed E-state index contributed by atoms with van der Waals surface area (Å²) in [6.45, 7) is 20.9. The Balaban J connectivity index is 1.15. The Kier molecular flexibility index (Phi) is 8.02. The fourth-order valence-electron chi connectivity index (χ4n) is 15.0. The van der Waals surface area contributed by atoms with Gasteiger partial charge in [-0.1, -0.05) is 107 Å². The van der Waals surface area contributed by atoms with Crippen LogP contribution in [0.1, 0.15) is 110 Å². The summed E-state index contributed by atoms with van der Waals surface area (Å²) in [6.07, 6.45) is 18.5. The molecule has 11 unspecified atom stereocenters. The molecule has 3 fully saturated rings. The summed E-state index contributed by atoms with van der Waals surface area (Å²) >= 11 is 0. The Bertz CT molecular complexity index is 2720. The number of rotatable bonds is 4. The molecule has 304 valence electrons. The topological polar surface area (TPSA) is 70.6 Å². The summed E-state index contributed by atoms with van der Waals surface area (Å²) < 4.78 is 2.84. The SMILES string of the molecule is CC1CC(n2c3c(c4ccccc42)CC(C)C(c2nc(-c4ccccc4)nc(-c4ccc(C#N)cc4)n2)=C3)C2(C)N3C4(C)C(C)CC=CC4C4(C)CC=CC(C2(C)C1)C34C.